The van der Waals surface area contributed by atoms with E-state index in [9.17, 15) is 4.79 Å². The normalized spacial score (nSPS) is 11.0. The Hall–Kier alpha value is -1.94. The molecule has 0 saturated carbocycles. The molecule has 0 bridgehead atoms. The molecule has 0 unspecified atom stereocenters. The molecule has 0 aromatic carbocycles. The molecular weight excluding hydrogens is 276 g/mol. The van der Waals surface area contributed by atoms with Crippen LogP contribution in [0, 0.1) is 27.7 Å². The first-order valence-corrected chi connectivity index (χ1v) is 7.60. The van der Waals surface area contributed by atoms with Gasteiger partial charge in [-0.15, -0.1) is 0 Å². The van der Waals surface area contributed by atoms with Gasteiger partial charge in [-0.05, 0) is 32.9 Å². The molecule has 22 heavy (non-hydrogen) atoms. The number of Topliss-reactive ketones (excluding diaryl/α,β-unsaturated/α-hetero) is 1. The number of aromatic nitrogens is 2. The van der Waals surface area contributed by atoms with Gasteiger partial charge in [0.15, 0.2) is 11.9 Å². The lowest BCUT2D eigenvalue weighted by Gasteiger charge is -2.08. The zero-order valence-electron chi connectivity index (χ0n) is 14.1. The van der Waals surface area contributed by atoms with Crippen LogP contribution in [-0.4, -0.2) is 24.1 Å². The van der Waals surface area contributed by atoms with E-state index in [1.54, 1.807) is 7.11 Å². The van der Waals surface area contributed by atoms with Crippen LogP contribution in [0.4, 0.5) is 0 Å². The molecule has 0 spiro atoms. The van der Waals surface area contributed by atoms with Crippen molar-refractivity contribution in [3.63, 3.8) is 0 Å². The van der Waals surface area contributed by atoms with Crippen LogP contribution in [0.5, 0.6) is 0 Å². The summed E-state index contributed by atoms with van der Waals surface area (Å²) in [6, 6.07) is 6.03. The Labute approximate surface area is 132 Å². The van der Waals surface area contributed by atoms with Crippen molar-refractivity contribution in [1.82, 2.24) is 4.57 Å². The number of methoxy groups -OCH3 is 1. The number of ketones is 1. The highest BCUT2D eigenvalue weighted by Crippen LogP contribution is 2.16. The average molecular weight is 301 g/mol. The van der Waals surface area contributed by atoms with E-state index in [4.69, 9.17) is 4.74 Å². The van der Waals surface area contributed by atoms with Gasteiger partial charge < -0.3 is 9.30 Å². The fourth-order valence-electron chi connectivity index (χ4n) is 2.77. The minimum absolute atomic E-state index is 0.149. The van der Waals surface area contributed by atoms with Crippen LogP contribution in [0.25, 0.3) is 0 Å². The largest absolute Gasteiger partial charge is 0.383 e. The second-order valence-corrected chi connectivity index (χ2v) is 5.76. The van der Waals surface area contributed by atoms with Gasteiger partial charge in [-0.3, -0.25) is 4.79 Å². The molecule has 4 nitrogen and oxygen atoms in total. The summed E-state index contributed by atoms with van der Waals surface area (Å²) in [4.78, 5) is 12.7. The molecule has 4 heteroatoms. The van der Waals surface area contributed by atoms with Gasteiger partial charge in [0.05, 0.1) is 6.61 Å². The third-order valence-electron chi connectivity index (χ3n) is 4.32. The molecule has 0 saturated heterocycles. The van der Waals surface area contributed by atoms with Crippen molar-refractivity contribution >= 4 is 5.78 Å². The lowest BCUT2D eigenvalue weighted by Crippen LogP contribution is -2.41. The first kappa shape index (κ1) is 16.4. The number of carbonyl (C=O) groups excluding carboxylic acids is 1. The topological polar surface area (TPSA) is 35.1 Å². The van der Waals surface area contributed by atoms with Crippen molar-refractivity contribution in [3.05, 3.63) is 52.6 Å². The van der Waals surface area contributed by atoms with Crippen molar-refractivity contribution < 1.29 is 14.1 Å². The summed E-state index contributed by atoms with van der Waals surface area (Å²) in [6.45, 7) is 9.95. The highest BCUT2D eigenvalue weighted by atomic mass is 16.5. The van der Waals surface area contributed by atoms with Crippen molar-refractivity contribution in [3.8, 4) is 0 Å². The minimum atomic E-state index is 0.149. The second-order valence-electron chi connectivity index (χ2n) is 5.76. The molecule has 0 amide bonds. The van der Waals surface area contributed by atoms with Gasteiger partial charge in [0, 0.05) is 49.2 Å². The Morgan fingerprint density at radius 2 is 2.00 bits per heavy atom. The lowest BCUT2D eigenvalue weighted by atomic mass is 10.1. The Morgan fingerprint density at radius 1 is 1.27 bits per heavy atom. The molecule has 0 atom stereocenters. The highest BCUT2D eigenvalue weighted by molar-refractivity contribution is 5.96. The van der Waals surface area contributed by atoms with E-state index < -0.39 is 0 Å². The monoisotopic (exact) mass is 301 g/mol. The van der Waals surface area contributed by atoms with Crippen molar-refractivity contribution in [1.29, 1.82) is 0 Å². The second kappa shape index (κ2) is 6.88. The number of carbonyl (C=O) groups is 1. The number of ether oxygens (including phenoxy) is 1. The molecule has 0 N–H and O–H groups in total. The number of hydrogen-bond acceptors (Lipinski definition) is 2. The Bertz CT molecular complexity index is 687. The maximum absolute atomic E-state index is 12.7. The predicted octanol–water partition coefficient (Wildman–Crippen LogP) is 2.54. The van der Waals surface area contributed by atoms with E-state index in [1.807, 2.05) is 43.7 Å². The smallest absolute Gasteiger partial charge is 0.229 e. The van der Waals surface area contributed by atoms with Gasteiger partial charge in [-0.2, -0.15) is 4.57 Å². The fraction of sp³-hybridized carbons (Fsp3) is 0.444. The zero-order chi connectivity index (χ0) is 16.3. The lowest BCUT2D eigenvalue weighted by molar-refractivity contribution is -0.689. The Kier molecular flexibility index (Phi) is 5.14. The van der Waals surface area contributed by atoms with Crippen molar-refractivity contribution in [2.24, 2.45) is 0 Å². The molecular formula is C18H25N2O2+. The molecule has 2 heterocycles. The molecule has 0 fully saturated rings. The van der Waals surface area contributed by atoms with Crippen LogP contribution in [0.3, 0.4) is 0 Å². The number of hydrogen-bond donors (Lipinski definition) is 0. The van der Waals surface area contributed by atoms with E-state index in [0.717, 1.165) is 29.2 Å². The molecule has 2 aromatic heterocycles. The van der Waals surface area contributed by atoms with E-state index in [2.05, 4.69) is 17.6 Å². The van der Waals surface area contributed by atoms with Crippen LogP contribution >= 0.6 is 0 Å². The molecule has 2 rings (SSSR count). The van der Waals surface area contributed by atoms with Crippen LogP contribution in [-0.2, 0) is 17.8 Å². The minimum Gasteiger partial charge on any atom is -0.383 e. The standard InChI is InChI=1S/C18H25N2O2/c1-13-7-6-8-19(15(13)3)12-18(21)17-11-14(2)20(16(17)4)9-10-22-5/h6-8,11H,9-10,12H2,1-5H3/q+1. The van der Waals surface area contributed by atoms with Crippen molar-refractivity contribution in [2.45, 2.75) is 40.8 Å². The summed E-state index contributed by atoms with van der Waals surface area (Å²) >= 11 is 0. The molecule has 0 radical (unpaired) electrons. The van der Waals surface area contributed by atoms with Crippen LogP contribution in [0.1, 0.15) is 33.0 Å². The molecule has 0 aliphatic heterocycles. The Balaban J connectivity index is 2.25. The average Bonchev–Trinajstić information content (AvgIpc) is 2.77. The highest BCUT2D eigenvalue weighted by Gasteiger charge is 2.20. The van der Waals surface area contributed by atoms with Crippen LogP contribution < -0.4 is 4.57 Å². The predicted molar refractivity (Wildman–Crippen MR) is 86.2 cm³/mol. The number of rotatable bonds is 6. The van der Waals surface area contributed by atoms with Gasteiger partial charge in [-0.25, -0.2) is 0 Å². The van der Waals surface area contributed by atoms with E-state index in [0.29, 0.717) is 13.2 Å². The van der Waals surface area contributed by atoms with Gasteiger partial charge in [0.1, 0.15) is 0 Å². The fourth-order valence-corrected chi connectivity index (χ4v) is 2.77. The third-order valence-corrected chi connectivity index (χ3v) is 4.32. The Morgan fingerprint density at radius 3 is 2.68 bits per heavy atom. The van der Waals surface area contributed by atoms with Gasteiger partial charge in [0.2, 0.25) is 12.3 Å². The van der Waals surface area contributed by atoms with Crippen LogP contribution in [0.15, 0.2) is 24.4 Å². The first-order valence-electron chi connectivity index (χ1n) is 7.60. The summed E-state index contributed by atoms with van der Waals surface area (Å²) in [7, 11) is 1.69. The SMILES string of the molecule is COCCn1c(C)cc(C(=O)C[n+]2cccc(C)c2C)c1C. The molecule has 118 valence electrons. The van der Waals surface area contributed by atoms with Crippen LogP contribution in [0.2, 0.25) is 0 Å². The first-order chi connectivity index (χ1) is 10.5. The van der Waals surface area contributed by atoms with E-state index in [1.165, 1.54) is 5.56 Å². The molecule has 0 aliphatic rings. The summed E-state index contributed by atoms with van der Waals surface area (Å²) in [5.41, 5.74) is 5.25. The number of pyridine rings is 1. The number of nitrogens with zero attached hydrogens (tertiary/aromatic N) is 2. The van der Waals surface area contributed by atoms with Gasteiger partial charge >= 0.3 is 0 Å². The van der Waals surface area contributed by atoms with Gasteiger partial charge in [0.25, 0.3) is 0 Å². The quantitative estimate of drug-likeness (QED) is 0.607. The third kappa shape index (κ3) is 3.28. The maximum atomic E-state index is 12.7. The van der Waals surface area contributed by atoms with E-state index >= 15 is 0 Å². The maximum Gasteiger partial charge on any atom is 0.229 e. The summed E-state index contributed by atoms with van der Waals surface area (Å²) in [5, 5.41) is 0. The zero-order valence-corrected chi connectivity index (χ0v) is 14.1. The number of aryl methyl sites for hydroxylation is 2. The van der Waals surface area contributed by atoms with Crippen molar-refractivity contribution in [2.75, 3.05) is 13.7 Å². The molecule has 2 aromatic rings. The molecule has 0 aliphatic carbocycles. The summed E-state index contributed by atoms with van der Waals surface area (Å²) in [6.07, 6.45) is 1.96. The summed E-state index contributed by atoms with van der Waals surface area (Å²) < 4.78 is 9.30. The van der Waals surface area contributed by atoms with Gasteiger partial charge in [-0.1, -0.05) is 0 Å². The van der Waals surface area contributed by atoms with E-state index in [-0.39, 0.29) is 5.78 Å². The summed E-state index contributed by atoms with van der Waals surface area (Å²) in [5.74, 6) is 0.149.